The highest BCUT2D eigenvalue weighted by Gasteiger charge is 2.37. The molecule has 0 bridgehead atoms. The van der Waals surface area contributed by atoms with Crippen LogP contribution in [0.2, 0.25) is 0 Å². The summed E-state index contributed by atoms with van der Waals surface area (Å²) in [5, 5.41) is 6.44. The summed E-state index contributed by atoms with van der Waals surface area (Å²) in [7, 11) is 0.410. The van der Waals surface area contributed by atoms with Crippen LogP contribution in [0.3, 0.4) is 0 Å². The summed E-state index contributed by atoms with van der Waals surface area (Å²) in [6.07, 6.45) is 0. The van der Waals surface area contributed by atoms with Crippen LogP contribution in [0.1, 0.15) is 66.8 Å². The van der Waals surface area contributed by atoms with Gasteiger partial charge in [0.15, 0.2) is 11.6 Å². The first-order chi connectivity index (χ1) is 23.8. The van der Waals surface area contributed by atoms with E-state index in [0.29, 0.717) is 42.3 Å². The zero-order valence-corrected chi connectivity index (χ0v) is 30.8. The summed E-state index contributed by atoms with van der Waals surface area (Å²) in [6.45, 7) is 11.6. The molecule has 51 heavy (non-hydrogen) atoms. The van der Waals surface area contributed by atoms with E-state index in [9.17, 15) is 27.4 Å². The fourth-order valence-corrected chi connectivity index (χ4v) is 6.85. The molecule has 268 valence electrons. The first-order valence-electron chi connectivity index (χ1n) is 15.9. The highest BCUT2D eigenvalue weighted by atomic mass is 32.2. The molecule has 0 saturated heterocycles. The number of ketones is 2. The Labute approximate surface area is 296 Å². The Balaban J connectivity index is 1.62. The lowest BCUT2D eigenvalue weighted by Crippen LogP contribution is -2.40. The predicted molar refractivity (Wildman–Crippen MR) is 195 cm³/mol. The maximum atomic E-state index is 14.0. The number of carbonyl (C=O) groups excluding carboxylic acids is 3. The van der Waals surface area contributed by atoms with Crippen LogP contribution in [0, 0.1) is 34.6 Å². The third-order valence-electron chi connectivity index (χ3n) is 9.26. The Kier molecular flexibility index (Phi) is 9.89. The van der Waals surface area contributed by atoms with Crippen molar-refractivity contribution in [3.63, 3.8) is 0 Å². The highest BCUT2D eigenvalue weighted by Crippen LogP contribution is 2.44. The summed E-state index contributed by atoms with van der Waals surface area (Å²) in [4.78, 5) is 57.6. The number of rotatable bonds is 10. The van der Waals surface area contributed by atoms with Gasteiger partial charge in [0.05, 0.1) is 41.5 Å². The van der Waals surface area contributed by atoms with Crippen LogP contribution in [0.5, 0.6) is 0 Å². The second kappa shape index (κ2) is 13.7. The van der Waals surface area contributed by atoms with Crippen LogP contribution >= 0.6 is 0 Å². The number of aryl methyl sites for hydroxylation is 1. The minimum Gasteiger partial charge on any atom is -0.397 e. The van der Waals surface area contributed by atoms with Crippen molar-refractivity contribution < 1.29 is 27.4 Å². The summed E-state index contributed by atoms with van der Waals surface area (Å²) < 4.78 is 35.2. The highest BCUT2D eigenvalue weighted by molar-refractivity contribution is 7.86. The average Bonchev–Trinajstić information content (AvgIpc) is 3.07. The van der Waals surface area contributed by atoms with Gasteiger partial charge in [0.1, 0.15) is 10.7 Å². The van der Waals surface area contributed by atoms with Crippen molar-refractivity contribution in [2.24, 2.45) is 0 Å². The van der Waals surface area contributed by atoms with E-state index < -0.39 is 32.3 Å². The zero-order valence-electron chi connectivity index (χ0n) is 30.0. The Bertz CT molecular complexity index is 2240. The van der Waals surface area contributed by atoms with E-state index in [1.165, 1.54) is 19.1 Å². The van der Waals surface area contributed by atoms with Crippen LogP contribution in [0.25, 0.3) is 0 Å². The minimum absolute atomic E-state index is 0.00873. The van der Waals surface area contributed by atoms with Crippen LogP contribution in [0.15, 0.2) is 35.2 Å². The average molecular weight is 716 g/mol. The molecule has 16 heteroatoms. The SMILES string of the molecule is CC(=O)N(C)CNCN(C)c1nc(C)nc(N(C)c2c(C)c(C)c(C)c(Nc3cc(S(=O)(=O)O)c(N)c4c3C(=O)c3ccccc3C4=O)c2C)n1. The molecule has 1 aliphatic rings. The van der Waals surface area contributed by atoms with E-state index in [0.717, 1.165) is 28.4 Å². The van der Waals surface area contributed by atoms with Gasteiger partial charge in [0, 0.05) is 44.9 Å². The van der Waals surface area contributed by atoms with Gasteiger partial charge in [-0.1, -0.05) is 24.3 Å². The molecule has 1 heterocycles. The molecular formula is C35H41N9O6S. The quantitative estimate of drug-likeness (QED) is 0.0919. The van der Waals surface area contributed by atoms with Crippen LogP contribution in [-0.2, 0) is 14.9 Å². The Morgan fingerprint density at radius 1 is 0.843 bits per heavy atom. The lowest BCUT2D eigenvalue weighted by molar-refractivity contribution is -0.127. The molecule has 0 atom stereocenters. The molecule has 0 fully saturated rings. The number of carbonyl (C=O) groups is 3. The van der Waals surface area contributed by atoms with E-state index in [1.807, 2.05) is 46.7 Å². The molecule has 0 unspecified atom stereocenters. The molecule has 4 aromatic rings. The zero-order chi connectivity index (χ0) is 37.7. The van der Waals surface area contributed by atoms with Gasteiger partial charge in [-0.05, 0) is 62.9 Å². The van der Waals surface area contributed by atoms with Gasteiger partial charge in [-0.25, -0.2) is 0 Å². The van der Waals surface area contributed by atoms with Crippen molar-refractivity contribution in [3.05, 3.63) is 80.7 Å². The molecule has 5 rings (SSSR count). The summed E-state index contributed by atoms with van der Waals surface area (Å²) in [5.41, 5.74) is 10.1. The second-order valence-corrected chi connectivity index (χ2v) is 14.0. The minimum atomic E-state index is -4.91. The Hall–Kier alpha value is -5.45. The third kappa shape index (κ3) is 6.72. The molecule has 0 spiro atoms. The second-order valence-electron chi connectivity index (χ2n) is 12.6. The number of amides is 1. The number of nitrogens with two attached hydrogens (primary N) is 1. The monoisotopic (exact) mass is 715 g/mol. The number of hydrogen-bond donors (Lipinski definition) is 4. The first-order valence-corrected chi connectivity index (χ1v) is 17.4. The van der Waals surface area contributed by atoms with E-state index in [4.69, 9.17) is 10.7 Å². The molecule has 3 aromatic carbocycles. The molecule has 5 N–H and O–H groups in total. The van der Waals surface area contributed by atoms with Gasteiger partial charge in [0.2, 0.25) is 17.8 Å². The first kappa shape index (κ1) is 36.8. The molecular weight excluding hydrogens is 675 g/mol. The molecule has 0 aliphatic heterocycles. The van der Waals surface area contributed by atoms with Gasteiger partial charge < -0.3 is 25.8 Å². The number of fused-ring (bicyclic) bond motifs is 2. The van der Waals surface area contributed by atoms with Crippen LogP contribution in [0.4, 0.5) is 34.6 Å². The number of nitrogens with one attached hydrogen (secondary N) is 2. The molecule has 1 aliphatic carbocycles. The smallest absolute Gasteiger partial charge is 0.296 e. The third-order valence-corrected chi connectivity index (χ3v) is 10.2. The number of benzene rings is 3. The largest absolute Gasteiger partial charge is 0.397 e. The van der Waals surface area contributed by atoms with Crippen molar-refractivity contribution in [3.8, 4) is 0 Å². The maximum absolute atomic E-state index is 14.0. The van der Waals surface area contributed by atoms with Gasteiger partial charge >= 0.3 is 0 Å². The summed E-state index contributed by atoms with van der Waals surface area (Å²) in [6, 6.07) is 7.31. The van der Waals surface area contributed by atoms with E-state index in [1.54, 1.807) is 35.9 Å². The lowest BCUT2D eigenvalue weighted by Gasteiger charge is -2.29. The molecule has 0 radical (unpaired) electrons. The summed E-state index contributed by atoms with van der Waals surface area (Å²) in [5.74, 6) is -0.00354. The standard InChI is InChI=1S/C35H41N9O6S/c1-17-18(2)30(40-25-14-26(51(48,49)50)29(36)28-27(25)32(46)23-12-10-11-13-24(23)33(28)47)20(4)31(19(17)3)44(9)35-39-21(5)38-34(41-35)43(8)16-37-15-42(7)22(6)45/h10-14,37,40H,15-16,36H2,1-9H3,(H,48,49,50). The maximum Gasteiger partial charge on any atom is 0.296 e. The van der Waals surface area contributed by atoms with E-state index in [-0.39, 0.29) is 33.8 Å². The number of nitrogen functional groups attached to an aromatic ring is 1. The molecule has 0 saturated carbocycles. The number of anilines is 6. The fourth-order valence-electron chi connectivity index (χ4n) is 6.20. The van der Waals surface area contributed by atoms with Crippen LogP contribution in [-0.4, -0.2) is 84.8 Å². The number of hydrogen-bond acceptors (Lipinski definition) is 13. The fraction of sp³-hybridized carbons (Fsp3) is 0.314. The van der Waals surface area contributed by atoms with Gasteiger partial charge in [-0.15, -0.1) is 0 Å². The van der Waals surface area contributed by atoms with Crippen molar-refractivity contribution in [2.45, 2.75) is 46.4 Å². The predicted octanol–water partition coefficient (Wildman–Crippen LogP) is 3.95. The molecule has 1 amide bonds. The van der Waals surface area contributed by atoms with Gasteiger partial charge in [-0.2, -0.15) is 23.4 Å². The normalized spacial score (nSPS) is 12.4. The number of nitrogens with zero attached hydrogens (tertiary/aromatic N) is 6. The number of aromatic nitrogens is 3. The topological polar surface area (TPSA) is 204 Å². The van der Waals surface area contributed by atoms with Gasteiger partial charge in [0.25, 0.3) is 10.1 Å². The lowest BCUT2D eigenvalue weighted by atomic mass is 9.82. The Morgan fingerprint density at radius 3 is 2.02 bits per heavy atom. The molecule has 15 nitrogen and oxygen atoms in total. The summed E-state index contributed by atoms with van der Waals surface area (Å²) >= 11 is 0. The Morgan fingerprint density at radius 2 is 1.43 bits per heavy atom. The van der Waals surface area contributed by atoms with Crippen molar-refractivity contribution in [1.29, 1.82) is 0 Å². The van der Waals surface area contributed by atoms with E-state index >= 15 is 0 Å². The van der Waals surface area contributed by atoms with Crippen molar-refractivity contribution >= 4 is 62.2 Å². The molecule has 1 aromatic heterocycles. The van der Waals surface area contributed by atoms with Gasteiger partial charge in [-0.3, -0.25) is 24.3 Å². The van der Waals surface area contributed by atoms with Crippen LogP contribution < -0.4 is 26.2 Å². The van der Waals surface area contributed by atoms with E-state index in [2.05, 4.69) is 20.6 Å². The van der Waals surface area contributed by atoms with Crippen molar-refractivity contribution in [2.75, 3.05) is 55.3 Å². The van der Waals surface area contributed by atoms with Crippen molar-refractivity contribution in [1.82, 2.24) is 25.2 Å².